The van der Waals surface area contributed by atoms with Crippen molar-refractivity contribution in [1.29, 1.82) is 0 Å². The first-order valence-corrected chi connectivity index (χ1v) is 9.48. The molecule has 1 aliphatic rings. The van der Waals surface area contributed by atoms with Gasteiger partial charge in [0.1, 0.15) is 5.82 Å². The Morgan fingerprint density at radius 3 is 2.23 bits per heavy atom. The van der Waals surface area contributed by atoms with E-state index in [2.05, 4.69) is 41.4 Å². The van der Waals surface area contributed by atoms with E-state index in [1.54, 1.807) is 0 Å². The Labute approximate surface area is 155 Å². The van der Waals surface area contributed by atoms with Crippen molar-refractivity contribution in [3.05, 3.63) is 71.0 Å². The Morgan fingerprint density at radius 1 is 1.00 bits per heavy atom. The first kappa shape index (κ1) is 18.6. The molecule has 0 aliphatic carbocycles. The molecule has 1 aliphatic heterocycles. The van der Waals surface area contributed by atoms with E-state index in [1.165, 1.54) is 61.1 Å². The van der Waals surface area contributed by atoms with Gasteiger partial charge in [-0.2, -0.15) is 0 Å². The maximum atomic E-state index is 13.1. The fraction of sp³-hybridized carbons (Fsp3) is 0.409. The molecule has 1 atom stereocenters. The standard InChI is InChI=1S/C22H27FN2O/c1-17-6-8-18(9-7-17)21(25-14-4-2-3-5-15-25)16-24-22(26)19-10-12-20(23)13-11-19/h6-13,21H,2-5,14-16H2,1H3,(H,24,26)/t21-/m1/s1. The predicted molar refractivity (Wildman–Crippen MR) is 103 cm³/mol. The molecule has 1 amide bonds. The van der Waals surface area contributed by atoms with E-state index in [9.17, 15) is 9.18 Å². The van der Waals surface area contributed by atoms with Gasteiger partial charge in [0.2, 0.25) is 0 Å². The van der Waals surface area contributed by atoms with Gasteiger partial charge in [0.25, 0.3) is 5.91 Å². The van der Waals surface area contributed by atoms with Crippen molar-refractivity contribution in [2.75, 3.05) is 19.6 Å². The van der Waals surface area contributed by atoms with Crippen LogP contribution in [-0.4, -0.2) is 30.4 Å². The Balaban J connectivity index is 1.73. The third-order valence-electron chi connectivity index (χ3n) is 5.11. The average Bonchev–Trinajstić information content (AvgIpc) is 2.93. The first-order valence-electron chi connectivity index (χ1n) is 9.48. The quantitative estimate of drug-likeness (QED) is 0.858. The van der Waals surface area contributed by atoms with Gasteiger partial charge >= 0.3 is 0 Å². The van der Waals surface area contributed by atoms with Gasteiger partial charge in [0, 0.05) is 12.1 Å². The van der Waals surface area contributed by atoms with E-state index in [4.69, 9.17) is 0 Å². The van der Waals surface area contributed by atoms with Crippen LogP contribution in [0.1, 0.15) is 53.2 Å². The fourth-order valence-electron chi connectivity index (χ4n) is 3.55. The molecular formula is C22H27FN2O. The number of carbonyl (C=O) groups excluding carboxylic acids is 1. The van der Waals surface area contributed by atoms with Crippen LogP contribution in [0.25, 0.3) is 0 Å². The second kappa shape index (κ2) is 8.95. The zero-order chi connectivity index (χ0) is 18.4. The number of halogens is 1. The molecule has 0 aromatic heterocycles. The molecule has 0 saturated carbocycles. The number of aryl methyl sites for hydroxylation is 1. The number of rotatable bonds is 5. The minimum atomic E-state index is -0.330. The van der Waals surface area contributed by atoms with Crippen molar-refractivity contribution in [3.8, 4) is 0 Å². The van der Waals surface area contributed by atoms with Gasteiger partial charge in [0.05, 0.1) is 6.04 Å². The van der Waals surface area contributed by atoms with Crippen LogP contribution >= 0.6 is 0 Å². The highest BCUT2D eigenvalue weighted by molar-refractivity contribution is 5.94. The number of hydrogen-bond donors (Lipinski definition) is 1. The minimum absolute atomic E-state index is 0.156. The van der Waals surface area contributed by atoms with Gasteiger partial charge in [-0.15, -0.1) is 0 Å². The van der Waals surface area contributed by atoms with Crippen LogP contribution in [0.3, 0.4) is 0 Å². The highest BCUT2D eigenvalue weighted by atomic mass is 19.1. The molecule has 1 N–H and O–H groups in total. The second-order valence-electron chi connectivity index (χ2n) is 7.09. The van der Waals surface area contributed by atoms with Crippen molar-refractivity contribution in [1.82, 2.24) is 10.2 Å². The smallest absolute Gasteiger partial charge is 0.251 e. The minimum Gasteiger partial charge on any atom is -0.350 e. The molecule has 0 bridgehead atoms. The molecule has 0 radical (unpaired) electrons. The Bertz CT molecular complexity index is 704. The van der Waals surface area contributed by atoms with Crippen molar-refractivity contribution in [2.45, 2.75) is 38.6 Å². The van der Waals surface area contributed by atoms with Crippen molar-refractivity contribution in [3.63, 3.8) is 0 Å². The largest absolute Gasteiger partial charge is 0.350 e. The Morgan fingerprint density at radius 2 is 1.62 bits per heavy atom. The molecule has 0 unspecified atom stereocenters. The van der Waals surface area contributed by atoms with E-state index in [-0.39, 0.29) is 17.8 Å². The normalized spacial score (nSPS) is 16.7. The second-order valence-corrected chi connectivity index (χ2v) is 7.09. The highest BCUT2D eigenvalue weighted by Gasteiger charge is 2.22. The summed E-state index contributed by atoms with van der Waals surface area (Å²) in [6.07, 6.45) is 4.96. The Hall–Kier alpha value is -2.20. The lowest BCUT2D eigenvalue weighted by Crippen LogP contribution is -2.38. The number of likely N-dealkylation sites (tertiary alicyclic amines) is 1. The molecule has 2 aromatic rings. The third kappa shape index (κ3) is 4.92. The van der Waals surface area contributed by atoms with Crippen molar-refractivity contribution >= 4 is 5.91 Å². The SMILES string of the molecule is Cc1ccc([C@@H](CNC(=O)c2ccc(F)cc2)N2CCCCCC2)cc1. The maximum Gasteiger partial charge on any atom is 0.251 e. The van der Waals surface area contributed by atoms with E-state index >= 15 is 0 Å². The number of nitrogens with one attached hydrogen (secondary N) is 1. The molecule has 0 spiro atoms. The molecule has 1 saturated heterocycles. The first-order chi connectivity index (χ1) is 12.6. The topological polar surface area (TPSA) is 32.3 Å². The summed E-state index contributed by atoms with van der Waals surface area (Å²) in [6, 6.07) is 14.4. The Kier molecular flexibility index (Phi) is 6.40. The zero-order valence-corrected chi connectivity index (χ0v) is 15.4. The number of hydrogen-bond acceptors (Lipinski definition) is 2. The fourth-order valence-corrected chi connectivity index (χ4v) is 3.55. The lowest BCUT2D eigenvalue weighted by Gasteiger charge is -2.31. The summed E-state index contributed by atoms with van der Waals surface area (Å²) in [5, 5.41) is 3.05. The lowest BCUT2D eigenvalue weighted by atomic mass is 10.0. The molecule has 138 valence electrons. The molecule has 4 heteroatoms. The van der Waals surface area contributed by atoms with Gasteiger partial charge in [-0.05, 0) is 62.7 Å². The number of carbonyl (C=O) groups is 1. The molecule has 26 heavy (non-hydrogen) atoms. The molecular weight excluding hydrogens is 327 g/mol. The maximum absolute atomic E-state index is 13.1. The van der Waals surface area contributed by atoms with Gasteiger partial charge in [0.15, 0.2) is 0 Å². The average molecular weight is 354 g/mol. The van der Waals surface area contributed by atoms with Crippen LogP contribution in [0, 0.1) is 12.7 Å². The zero-order valence-electron chi connectivity index (χ0n) is 15.4. The summed E-state index contributed by atoms with van der Waals surface area (Å²) in [6.45, 7) is 4.76. The van der Waals surface area contributed by atoms with Crippen LogP contribution in [0.4, 0.5) is 4.39 Å². The predicted octanol–water partition coefficient (Wildman–Crippen LogP) is 4.48. The van der Waals surface area contributed by atoms with Gasteiger partial charge in [-0.1, -0.05) is 42.7 Å². The van der Waals surface area contributed by atoms with Crippen LogP contribution in [0.2, 0.25) is 0 Å². The van der Waals surface area contributed by atoms with E-state index < -0.39 is 0 Å². The summed E-state index contributed by atoms with van der Waals surface area (Å²) < 4.78 is 13.1. The molecule has 1 fully saturated rings. The van der Waals surface area contributed by atoms with E-state index in [0.717, 1.165) is 13.1 Å². The van der Waals surface area contributed by atoms with Crippen LogP contribution in [0.5, 0.6) is 0 Å². The number of nitrogens with zero attached hydrogens (tertiary/aromatic N) is 1. The molecule has 1 heterocycles. The van der Waals surface area contributed by atoms with Gasteiger partial charge in [-0.3, -0.25) is 9.69 Å². The molecule has 3 rings (SSSR count). The highest BCUT2D eigenvalue weighted by Crippen LogP contribution is 2.24. The summed E-state index contributed by atoms with van der Waals surface area (Å²) >= 11 is 0. The molecule has 2 aromatic carbocycles. The van der Waals surface area contributed by atoms with Crippen molar-refractivity contribution in [2.24, 2.45) is 0 Å². The van der Waals surface area contributed by atoms with Gasteiger partial charge in [-0.25, -0.2) is 4.39 Å². The van der Waals surface area contributed by atoms with Crippen molar-refractivity contribution < 1.29 is 9.18 Å². The van der Waals surface area contributed by atoms with Crippen LogP contribution in [0.15, 0.2) is 48.5 Å². The van der Waals surface area contributed by atoms with E-state index in [1.807, 2.05) is 0 Å². The van der Waals surface area contributed by atoms with E-state index in [0.29, 0.717) is 12.1 Å². The summed E-state index contributed by atoms with van der Waals surface area (Å²) in [5.74, 6) is -0.486. The summed E-state index contributed by atoms with van der Waals surface area (Å²) in [5.41, 5.74) is 2.96. The van der Waals surface area contributed by atoms with Crippen LogP contribution < -0.4 is 5.32 Å². The third-order valence-corrected chi connectivity index (χ3v) is 5.11. The van der Waals surface area contributed by atoms with Crippen LogP contribution in [-0.2, 0) is 0 Å². The molecule has 3 nitrogen and oxygen atoms in total. The number of benzene rings is 2. The number of amides is 1. The summed E-state index contributed by atoms with van der Waals surface area (Å²) in [4.78, 5) is 14.9. The summed E-state index contributed by atoms with van der Waals surface area (Å²) in [7, 11) is 0. The van der Waals surface area contributed by atoms with Gasteiger partial charge < -0.3 is 5.32 Å². The monoisotopic (exact) mass is 354 g/mol. The lowest BCUT2D eigenvalue weighted by molar-refractivity contribution is 0.0933.